The Morgan fingerprint density at radius 2 is 1.77 bits per heavy atom. The summed E-state index contributed by atoms with van der Waals surface area (Å²) in [4.78, 5) is 17.0. The van der Waals surface area contributed by atoms with E-state index in [1.807, 2.05) is 30.3 Å². The van der Waals surface area contributed by atoms with Crippen molar-refractivity contribution in [1.82, 2.24) is 14.8 Å². The minimum Gasteiger partial charge on any atom is -0.462 e. The predicted octanol–water partition coefficient (Wildman–Crippen LogP) is 3.40. The number of fused-ring (bicyclic) bond motifs is 1. The van der Waals surface area contributed by atoms with Gasteiger partial charge >= 0.3 is 5.97 Å². The summed E-state index contributed by atoms with van der Waals surface area (Å²) in [6, 6.07) is 18.9. The summed E-state index contributed by atoms with van der Waals surface area (Å²) in [5.74, 6) is -0.370. The summed E-state index contributed by atoms with van der Waals surface area (Å²) in [6.45, 7) is 1.81. The highest BCUT2D eigenvalue weighted by Crippen LogP contribution is 2.25. The molecule has 9 heteroatoms. The Labute approximate surface area is 173 Å². The molecule has 0 saturated carbocycles. The number of aromatic nitrogens is 3. The Bertz CT molecular complexity index is 1320. The van der Waals surface area contributed by atoms with Crippen LogP contribution in [-0.2, 0) is 14.8 Å². The molecule has 2 aromatic heterocycles. The average Bonchev–Trinajstić information content (AvgIpc) is 3.17. The molecule has 4 aromatic rings. The van der Waals surface area contributed by atoms with Crippen LogP contribution in [0.5, 0.6) is 0 Å². The largest absolute Gasteiger partial charge is 0.462 e. The van der Waals surface area contributed by atoms with Crippen molar-refractivity contribution in [3.05, 3.63) is 78.5 Å². The lowest BCUT2D eigenvalue weighted by Crippen LogP contribution is -2.19. The van der Waals surface area contributed by atoms with Gasteiger partial charge in [-0.2, -0.15) is 9.78 Å². The lowest BCUT2D eigenvalue weighted by molar-refractivity contribution is 0.0527. The number of rotatable bonds is 6. The lowest BCUT2D eigenvalue weighted by atomic mass is 10.2. The normalized spacial score (nSPS) is 11.4. The van der Waals surface area contributed by atoms with E-state index >= 15 is 0 Å². The van der Waals surface area contributed by atoms with Crippen LogP contribution in [0.25, 0.3) is 16.7 Å². The quantitative estimate of drug-likeness (QED) is 0.478. The van der Waals surface area contributed by atoms with Crippen LogP contribution in [-0.4, -0.2) is 35.8 Å². The van der Waals surface area contributed by atoms with Crippen LogP contribution < -0.4 is 4.72 Å². The van der Waals surface area contributed by atoms with E-state index in [0.29, 0.717) is 11.3 Å². The summed E-state index contributed by atoms with van der Waals surface area (Å²) in [5.41, 5.74) is 0.700. The third-order valence-electron chi connectivity index (χ3n) is 4.35. The second-order valence-electron chi connectivity index (χ2n) is 6.32. The van der Waals surface area contributed by atoms with Crippen molar-refractivity contribution < 1.29 is 17.9 Å². The first kappa shape index (κ1) is 19.6. The van der Waals surface area contributed by atoms with Gasteiger partial charge in [0.05, 0.1) is 23.2 Å². The maximum absolute atomic E-state index is 12.9. The molecule has 1 N–H and O–H groups in total. The zero-order valence-electron chi connectivity index (χ0n) is 16.0. The second-order valence-corrected chi connectivity index (χ2v) is 8.00. The molecule has 0 radical (unpaired) electrons. The number of benzene rings is 2. The van der Waals surface area contributed by atoms with Crippen LogP contribution in [0.3, 0.4) is 0 Å². The Morgan fingerprint density at radius 3 is 2.53 bits per heavy atom. The van der Waals surface area contributed by atoms with Crippen molar-refractivity contribution in [2.75, 3.05) is 11.3 Å². The molecule has 0 spiro atoms. The molecule has 0 atom stereocenters. The van der Waals surface area contributed by atoms with E-state index in [4.69, 9.17) is 4.74 Å². The number of carbonyl (C=O) groups is 1. The number of anilines is 1. The molecule has 0 aliphatic heterocycles. The smallest absolute Gasteiger partial charge is 0.343 e. The highest BCUT2D eigenvalue weighted by molar-refractivity contribution is 7.92. The zero-order chi connectivity index (χ0) is 21.1. The summed E-state index contributed by atoms with van der Waals surface area (Å²) < 4.78 is 34.6. The Morgan fingerprint density at radius 1 is 1.03 bits per heavy atom. The number of nitrogens with one attached hydrogen (secondary N) is 1. The average molecular weight is 422 g/mol. The zero-order valence-corrected chi connectivity index (χ0v) is 16.8. The minimum absolute atomic E-state index is 0.00804. The van der Waals surface area contributed by atoms with Gasteiger partial charge in [-0.3, -0.25) is 4.72 Å². The van der Waals surface area contributed by atoms with E-state index in [1.165, 1.54) is 23.0 Å². The number of carbonyl (C=O) groups excluding carboxylic acids is 1. The van der Waals surface area contributed by atoms with Gasteiger partial charge in [-0.15, -0.1) is 0 Å². The van der Waals surface area contributed by atoms with Crippen LogP contribution in [0.4, 0.5) is 5.82 Å². The molecule has 0 unspecified atom stereocenters. The fourth-order valence-electron chi connectivity index (χ4n) is 2.94. The van der Waals surface area contributed by atoms with Crippen LogP contribution in [0, 0.1) is 0 Å². The highest BCUT2D eigenvalue weighted by Gasteiger charge is 2.25. The monoisotopic (exact) mass is 422 g/mol. The molecule has 0 fully saturated rings. The molecule has 2 heterocycles. The first-order valence-electron chi connectivity index (χ1n) is 9.19. The van der Waals surface area contributed by atoms with Gasteiger partial charge in [0.1, 0.15) is 5.56 Å². The van der Waals surface area contributed by atoms with Crippen molar-refractivity contribution in [3.63, 3.8) is 0 Å². The molecular formula is C21H18N4O4S. The Balaban J connectivity index is 1.84. The maximum atomic E-state index is 12.9. The molecule has 2 aromatic carbocycles. The molecule has 30 heavy (non-hydrogen) atoms. The summed E-state index contributed by atoms with van der Waals surface area (Å²) in [7, 11) is -3.97. The maximum Gasteiger partial charge on any atom is 0.343 e. The van der Waals surface area contributed by atoms with Gasteiger partial charge in [-0.25, -0.2) is 18.2 Å². The summed E-state index contributed by atoms with van der Waals surface area (Å²) >= 11 is 0. The number of nitrogens with zero attached hydrogens (tertiary/aromatic N) is 3. The van der Waals surface area contributed by atoms with Crippen LogP contribution in [0.1, 0.15) is 17.3 Å². The second kappa shape index (κ2) is 7.96. The van der Waals surface area contributed by atoms with Crippen molar-refractivity contribution in [2.24, 2.45) is 0 Å². The van der Waals surface area contributed by atoms with Gasteiger partial charge in [-0.1, -0.05) is 36.4 Å². The molecule has 8 nitrogen and oxygen atoms in total. The fourth-order valence-corrected chi connectivity index (χ4v) is 4.02. The van der Waals surface area contributed by atoms with Crippen molar-refractivity contribution >= 4 is 32.7 Å². The van der Waals surface area contributed by atoms with Gasteiger partial charge < -0.3 is 4.74 Å². The Hall–Kier alpha value is -3.72. The van der Waals surface area contributed by atoms with E-state index in [9.17, 15) is 13.2 Å². The van der Waals surface area contributed by atoms with Crippen molar-refractivity contribution in [1.29, 1.82) is 0 Å². The molecule has 0 aliphatic rings. The van der Waals surface area contributed by atoms with Gasteiger partial charge in [-0.05, 0) is 37.3 Å². The van der Waals surface area contributed by atoms with Crippen LogP contribution in [0.15, 0.2) is 77.8 Å². The number of ether oxygens (including phenoxy) is 1. The number of pyridine rings is 1. The molecule has 0 bridgehead atoms. The summed E-state index contributed by atoms with van der Waals surface area (Å²) in [6.07, 6.45) is 1.26. The summed E-state index contributed by atoms with van der Waals surface area (Å²) in [5, 5.41) is 5.12. The number of esters is 1. The van der Waals surface area contributed by atoms with Crippen molar-refractivity contribution in [2.45, 2.75) is 11.8 Å². The van der Waals surface area contributed by atoms with Gasteiger partial charge in [0, 0.05) is 5.39 Å². The predicted molar refractivity (Wildman–Crippen MR) is 112 cm³/mol. The van der Waals surface area contributed by atoms with E-state index in [1.54, 1.807) is 31.2 Å². The highest BCUT2D eigenvalue weighted by atomic mass is 32.2. The first-order valence-corrected chi connectivity index (χ1v) is 10.7. The molecule has 152 valence electrons. The SMILES string of the molecule is CCOC(=O)c1cnn(-c2ccc3ccccc3n2)c1NS(=O)(=O)c1ccccc1. The number of sulfonamides is 1. The van der Waals surface area contributed by atoms with Gasteiger partial charge in [0.25, 0.3) is 10.0 Å². The number of para-hydroxylation sites is 1. The van der Waals surface area contributed by atoms with Crippen LogP contribution >= 0.6 is 0 Å². The molecule has 0 saturated heterocycles. The van der Waals surface area contributed by atoms with Gasteiger partial charge in [0.15, 0.2) is 11.6 Å². The molecular weight excluding hydrogens is 404 g/mol. The van der Waals surface area contributed by atoms with Crippen molar-refractivity contribution in [3.8, 4) is 5.82 Å². The Kier molecular flexibility index (Phi) is 5.20. The molecule has 4 rings (SSSR count). The van der Waals surface area contributed by atoms with E-state index in [-0.39, 0.29) is 22.9 Å². The fraction of sp³-hybridized carbons (Fsp3) is 0.0952. The minimum atomic E-state index is -3.97. The van der Waals surface area contributed by atoms with E-state index < -0.39 is 16.0 Å². The number of hydrogen-bond donors (Lipinski definition) is 1. The first-order chi connectivity index (χ1) is 14.5. The third-order valence-corrected chi connectivity index (χ3v) is 5.70. The third kappa shape index (κ3) is 3.74. The van der Waals surface area contributed by atoms with E-state index in [0.717, 1.165) is 5.39 Å². The lowest BCUT2D eigenvalue weighted by Gasteiger charge is -2.12. The van der Waals surface area contributed by atoms with Gasteiger partial charge in [0.2, 0.25) is 0 Å². The molecule has 0 aliphatic carbocycles. The van der Waals surface area contributed by atoms with Crippen LogP contribution in [0.2, 0.25) is 0 Å². The topological polar surface area (TPSA) is 103 Å². The number of hydrogen-bond acceptors (Lipinski definition) is 6. The van der Waals surface area contributed by atoms with E-state index in [2.05, 4.69) is 14.8 Å². The standard InChI is InChI=1S/C21H18N4O4S/c1-2-29-21(26)17-14-22-25(19-13-12-15-8-6-7-11-18(15)23-19)20(17)24-30(27,28)16-9-4-3-5-10-16/h3-14,24H,2H2,1H3. The molecule has 0 amide bonds.